The van der Waals surface area contributed by atoms with Crippen LogP contribution in [0.25, 0.3) is 11.4 Å². The average Bonchev–Trinajstić information content (AvgIpc) is 3.07. The van der Waals surface area contributed by atoms with Crippen LogP contribution in [0.2, 0.25) is 10.0 Å². The fourth-order valence-electron chi connectivity index (χ4n) is 2.03. The van der Waals surface area contributed by atoms with Crippen LogP contribution in [-0.2, 0) is 4.79 Å². The number of aromatic nitrogens is 4. The summed E-state index contributed by atoms with van der Waals surface area (Å²) in [4.78, 5) is 20.7. The molecular weight excluding hydrogens is 461 g/mol. The van der Waals surface area contributed by atoms with Gasteiger partial charge in [0, 0.05) is 10.0 Å². The Hall–Kier alpha value is -1.61. The highest BCUT2D eigenvalue weighted by atomic mass is 79.9. The molecule has 0 radical (unpaired) electrons. The maximum absolute atomic E-state index is 12.1. The van der Waals surface area contributed by atoms with E-state index in [2.05, 4.69) is 41.4 Å². The first-order chi connectivity index (χ1) is 12.4. The first-order valence-corrected chi connectivity index (χ1v) is 9.90. The van der Waals surface area contributed by atoms with Crippen LogP contribution >= 0.6 is 50.9 Å². The highest BCUT2D eigenvalue weighted by molar-refractivity contribution is 9.10. The van der Waals surface area contributed by atoms with E-state index in [1.807, 2.05) is 24.3 Å². The third kappa shape index (κ3) is 4.56. The molecule has 0 bridgehead atoms. The number of halogens is 3. The molecule has 134 valence electrons. The molecule has 0 aliphatic rings. The number of carbonyl (C=O) groups excluding carboxylic acids is 1. The summed E-state index contributed by atoms with van der Waals surface area (Å²) in [6, 6.07) is 9.22. The number of benzene rings is 1. The van der Waals surface area contributed by atoms with Gasteiger partial charge in [0.25, 0.3) is 0 Å². The molecule has 1 amide bonds. The zero-order valence-electron chi connectivity index (χ0n) is 13.4. The van der Waals surface area contributed by atoms with Crippen LogP contribution in [0.15, 0.2) is 40.0 Å². The number of aromatic amines is 1. The van der Waals surface area contributed by atoms with E-state index in [1.54, 1.807) is 13.0 Å². The monoisotopic (exact) mass is 471 g/mol. The largest absolute Gasteiger partial charge is 0.309 e. The molecule has 0 aliphatic heterocycles. The van der Waals surface area contributed by atoms with Crippen molar-refractivity contribution in [2.75, 3.05) is 11.1 Å². The molecule has 3 aromatic rings. The van der Waals surface area contributed by atoms with Gasteiger partial charge in [-0.25, -0.2) is 9.97 Å². The van der Waals surface area contributed by atoms with Crippen molar-refractivity contribution < 1.29 is 4.79 Å². The molecule has 0 saturated carbocycles. The van der Waals surface area contributed by atoms with Crippen LogP contribution in [0.5, 0.6) is 0 Å². The standard InChI is InChI=1S/C16H12BrCl2N5OS/c1-8-11(18)6-12(19)15(20-8)21-13(25)7-26-16-22-14(23-24-16)9-4-2-3-5-10(9)17/h2-6H,7H2,1H3,(H,20,21,25)(H,22,23,24). The molecule has 0 saturated heterocycles. The molecule has 3 rings (SSSR count). The van der Waals surface area contributed by atoms with Crippen molar-refractivity contribution in [2.45, 2.75) is 12.1 Å². The molecule has 2 heterocycles. The lowest BCUT2D eigenvalue weighted by atomic mass is 10.2. The minimum Gasteiger partial charge on any atom is -0.309 e. The summed E-state index contributed by atoms with van der Waals surface area (Å²) in [6.07, 6.45) is 0. The van der Waals surface area contributed by atoms with Crippen molar-refractivity contribution in [2.24, 2.45) is 0 Å². The number of anilines is 1. The lowest BCUT2D eigenvalue weighted by Crippen LogP contribution is -2.15. The van der Waals surface area contributed by atoms with Crippen LogP contribution in [0, 0.1) is 6.92 Å². The van der Waals surface area contributed by atoms with E-state index in [-0.39, 0.29) is 22.5 Å². The zero-order chi connectivity index (χ0) is 18.7. The highest BCUT2D eigenvalue weighted by Crippen LogP contribution is 2.27. The second-order valence-electron chi connectivity index (χ2n) is 5.17. The van der Waals surface area contributed by atoms with Gasteiger partial charge in [-0.2, -0.15) is 0 Å². The van der Waals surface area contributed by atoms with Crippen molar-refractivity contribution >= 4 is 62.6 Å². The van der Waals surface area contributed by atoms with E-state index in [4.69, 9.17) is 23.2 Å². The molecule has 1 aromatic carbocycles. The number of carbonyl (C=O) groups is 1. The smallest absolute Gasteiger partial charge is 0.236 e. The molecule has 0 spiro atoms. The van der Waals surface area contributed by atoms with Gasteiger partial charge < -0.3 is 5.32 Å². The Morgan fingerprint density at radius 3 is 2.81 bits per heavy atom. The van der Waals surface area contributed by atoms with Crippen molar-refractivity contribution in [1.29, 1.82) is 0 Å². The summed E-state index contributed by atoms with van der Waals surface area (Å²) in [7, 11) is 0. The van der Waals surface area contributed by atoms with E-state index in [0.29, 0.717) is 21.7 Å². The van der Waals surface area contributed by atoms with Gasteiger partial charge in [-0.1, -0.05) is 69.1 Å². The van der Waals surface area contributed by atoms with Crippen LogP contribution in [-0.4, -0.2) is 31.8 Å². The number of nitrogens with one attached hydrogen (secondary N) is 2. The first kappa shape index (κ1) is 19.2. The Balaban J connectivity index is 1.62. The molecule has 26 heavy (non-hydrogen) atoms. The number of hydrogen-bond donors (Lipinski definition) is 2. The van der Waals surface area contributed by atoms with Crippen molar-refractivity contribution in [3.63, 3.8) is 0 Å². The second-order valence-corrected chi connectivity index (χ2v) is 7.78. The predicted octanol–water partition coefficient (Wildman–Crippen LogP) is 4.98. The number of amides is 1. The molecule has 2 N–H and O–H groups in total. The highest BCUT2D eigenvalue weighted by Gasteiger charge is 2.13. The topological polar surface area (TPSA) is 83.6 Å². The van der Waals surface area contributed by atoms with Gasteiger partial charge in [-0.3, -0.25) is 9.89 Å². The van der Waals surface area contributed by atoms with Gasteiger partial charge >= 0.3 is 0 Å². The summed E-state index contributed by atoms with van der Waals surface area (Å²) in [5, 5.41) is 10.9. The molecule has 0 unspecified atom stereocenters. The molecule has 6 nitrogen and oxygen atoms in total. The fraction of sp³-hybridized carbons (Fsp3) is 0.125. The van der Waals surface area contributed by atoms with Crippen molar-refractivity contribution in [3.05, 3.63) is 50.5 Å². The van der Waals surface area contributed by atoms with E-state index >= 15 is 0 Å². The number of thioether (sulfide) groups is 1. The number of hydrogen-bond acceptors (Lipinski definition) is 5. The molecule has 2 aromatic heterocycles. The zero-order valence-corrected chi connectivity index (χ0v) is 17.3. The Morgan fingerprint density at radius 2 is 2.04 bits per heavy atom. The van der Waals surface area contributed by atoms with Crippen molar-refractivity contribution in [3.8, 4) is 11.4 Å². The second kappa shape index (κ2) is 8.39. The molecule has 0 atom stereocenters. The summed E-state index contributed by atoms with van der Waals surface area (Å²) in [5.74, 6) is 0.757. The number of H-pyrrole nitrogens is 1. The number of pyridine rings is 1. The minimum absolute atomic E-state index is 0.118. The molecule has 0 aliphatic carbocycles. The minimum atomic E-state index is -0.265. The number of nitrogens with zero attached hydrogens (tertiary/aromatic N) is 3. The molecule has 10 heteroatoms. The quantitative estimate of drug-likeness (QED) is 0.512. The van der Waals surface area contributed by atoms with Crippen LogP contribution in [0.3, 0.4) is 0 Å². The van der Waals surface area contributed by atoms with Crippen LogP contribution in [0.4, 0.5) is 5.82 Å². The van der Waals surface area contributed by atoms with Crippen LogP contribution < -0.4 is 5.32 Å². The average molecular weight is 473 g/mol. The Labute approximate surface area is 172 Å². The maximum Gasteiger partial charge on any atom is 0.236 e. The third-order valence-electron chi connectivity index (χ3n) is 3.29. The lowest BCUT2D eigenvalue weighted by Gasteiger charge is -2.07. The van der Waals surface area contributed by atoms with Gasteiger partial charge in [0.05, 0.1) is 21.5 Å². The van der Waals surface area contributed by atoms with E-state index in [9.17, 15) is 4.79 Å². The number of rotatable bonds is 5. The summed E-state index contributed by atoms with van der Waals surface area (Å²) >= 11 is 16.7. The predicted molar refractivity (Wildman–Crippen MR) is 108 cm³/mol. The van der Waals surface area contributed by atoms with Gasteiger partial charge in [0.1, 0.15) is 0 Å². The SMILES string of the molecule is Cc1nc(NC(=O)CSc2n[nH]c(-c3ccccc3Br)n2)c(Cl)cc1Cl. The van der Waals surface area contributed by atoms with Crippen molar-refractivity contribution in [1.82, 2.24) is 20.2 Å². The normalized spacial score (nSPS) is 10.8. The summed E-state index contributed by atoms with van der Waals surface area (Å²) in [5.41, 5.74) is 1.48. The maximum atomic E-state index is 12.1. The molecular formula is C16H12BrCl2N5OS. The molecule has 0 fully saturated rings. The summed E-state index contributed by atoms with van der Waals surface area (Å²) in [6.45, 7) is 1.74. The Kier molecular flexibility index (Phi) is 6.18. The van der Waals surface area contributed by atoms with E-state index in [0.717, 1.165) is 10.0 Å². The number of aryl methyl sites for hydroxylation is 1. The lowest BCUT2D eigenvalue weighted by molar-refractivity contribution is -0.113. The third-order valence-corrected chi connectivity index (χ3v) is 5.50. The van der Waals surface area contributed by atoms with Crippen LogP contribution in [0.1, 0.15) is 5.69 Å². The Bertz CT molecular complexity index is 966. The fourth-order valence-corrected chi connectivity index (χ4v) is 3.51. The van der Waals surface area contributed by atoms with E-state index < -0.39 is 0 Å². The van der Waals surface area contributed by atoms with Gasteiger partial charge in [0.15, 0.2) is 11.6 Å². The Morgan fingerprint density at radius 1 is 1.27 bits per heavy atom. The van der Waals surface area contributed by atoms with Gasteiger partial charge in [-0.15, -0.1) is 5.10 Å². The summed E-state index contributed by atoms with van der Waals surface area (Å²) < 4.78 is 0.907. The van der Waals surface area contributed by atoms with Gasteiger partial charge in [-0.05, 0) is 19.1 Å². The van der Waals surface area contributed by atoms with Gasteiger partial charge in [0.2, 0.25) is 11.1 Å². The first-order valence-electron chi connectivity index (χ1n) is 7.36. The van der Waals surface area contributed by atoms with E-state index in [1.165, 1.54) is 11.8 Å².